The zero-order valence-electron chi connectivity index (χ0n) is 13.0. The zero-order chi connectivity index (χ0) is 18.3. The number of nitrogens with zero attached hydrogens (tertiary/aromatic N) is 2. The minimum Gasteiger partial charge on any atom is -0.535 e. The Balaban J connectivity index is 1.93. The lowest BCUT2D eigenvalue weighted by Gasteiger charge is -2.28. The van der Waals surface area contributed by atoms with Gasteiger partial charge in [-0.3, -0.25) is 9.48 Å². The first kappa shape index (κ1) is 17.3. The van der Waals surface area contributed by atoms with E-state index in [1.54, 1.807) is 7.05 Å². The smallest absolute Gasteiger partial charge is 0.535 e. The number of primary amides is 1. The third-order valence-electron chi connectivity index (χ3n) is 3.79. The van der Waals surface area contributed by atoms with Gasteiger partial charge in [0.05, 0.1) is 16.9 Å². The molecule has 1 amide bonds. The van der Waals surface area contributed by atoms with Crippen LogP contribution in [0.15, 0.2) is 23.4 Å². The summed E-state index contributed by atoms with van der Waals surface area (Å²) in [6.45, 7) is 0. The van der Waals surface area contributed by atoms with E-state index in [9.17, 15) is 19.0 Å². The van der Waals surface area contributed by atoms with Crippen LogP contribution in [0.4, 0.5) is 4.39 Å². The number of amides is 1. The molecular weight excluding hydrogens is 352 g/mol. The second-order valence-corrected chi connectivity index (χ2v) is 6.66. The quantitative estimate of drug-likeness (QED) is 0.672. The van der Waals surface area contributed by atoms with Crippen molar-refractivity contribution in [1.29, 1.82) is 0 Å². The maximum atomic E-state index is 13.7. The molecule has 0 aliphatic carbocycles. The van der Waals surface area contributed by atoms with Crippen molar-refractivity contribution < 1.29 is 28.8 Å². The van der Waals surface area contributed by atoms with Crippen molar-refractivity contribution in [3.05, 3.63) is 40.8 Å². The summed E-state index contributed by atoms with van der Waals surface area (Å²) in [5.41, 5.74) is 5.35. The number of aromatic nitrogens is 2. The number of thioether (sulfide) groups is 1. The summed E-state index contributed by atoms with van der Waals surface area (Å²) in [6.07, 6.45) is 1.54. The second-order valence-electron chi connectivity index (χ2n) is 5.44. The van der Waals surface area contributed by atoms with Gasteiger partial charge in [0.25, 0.3) is 5.91 Å². The van der Waals surface area contributed by atoms with Gasteiger partial charge < -0.3 is 20.5 Å². The number of aromatic carboxylic acids is 1. The Bertz CT molecular complexity index is 874. The van der Waals surface area contributed by atoms with E-state index in [2.05, 4.69) is 5.10 Å². The number of aryl methyl sites for hydroxylation is 1. The van der Waals surface area contributed by atoms with Crippen LogP contribution in [-0.2, 0) is 13.5 Å². The van der Waals surface area contributed by atoms with Crippen LogP contribution in [-0.4, -0.2) is 44.1 Å². The van der Waals surface area contributed by atoms with Crippen LogP contribution in [0.5, 0.6) is 5.75 Å². The van der Waals surface area contributed by atoms with Crippen molar-refractivity contribution in [2.24, 2.45) is 12.8 Å². The molecule has 1 atom stereocenters. The van der Waals surface area contributed by atoms with Crippen LogP contribution in [0.1, 0.15) is 26.3 Å². The fraction of sp³-hybridized carbons (Fsp3) is 0.214. The topological polar surface area (TPSA) is 128 Å². The number of rotatable bonds is 4. The van der Waals surface area contributed by atoms with Crippen molar-refractivity contribution in [3.8, 4) is 5.75 Å². The van der Waals surface area contributed by atoms with Gasteiger partial charge in [0.15, 0.2) is 0 Å². The minimum atomic E-state index is -1.48. The van der Waals surface area contributed by atoms with E-state index in [0.29, 0.717) is 10.6 Å². The van der Waals surface area contributed by atoms with Gasteiger partial charge in [-0.25, -0.2) is 9.18 Å². The number of carbonyl (C=O) groups is 2. The molecule has 2 aromatic rings. The van der Waals surface area contributed by atoms with Crippen LogP contribution in [0.3, 0.4) is 0 Å². The Labute approximate surface area is 145 Å². The van der Waals surface area contributed by atoms with Crippen molar-refractivity contribution in [3.63, 3.8) is 0 Å². The molecule has 11 heteroatoms. The van der Waals surface area contributed by atoms with Gasteiger partial charge in [-0.15, -0.1) is 11.8 Å². The largest absolute Gasteiger partial charge is 0.537 e. The molecule has 4 N–H and O–H groups in total. The first-order chi connectivity index (χ1) is 11.8. The molecule has 1 aromatic heterocycles. The number of benzene rings is 1. The lowest BCUT2D eigenvalue weighted by atomic mass is 9.77. The number of halogens is 1. The van der Waals surface area contributed by atoms with Crippen molar-refractivity contribution in [1.82, 2.24) is 9.78 Å². The van der Waals surface area contributed by atoms with E-state index >= 15 is 0 Å². The Hall–Kier alpha value is -2.53. The Morgan fingerprint density at radius 3 is 2.88 bits per heavy atom. The molecule has 1 aliphatic heterocycles. The zero-order valence-corrected chi connectivity index (χ0v) is 13.8. The molecule has 0 saturated carbocycles. The Morgan fingerprint density at radius 2 is 2.24 bits per heavy atom. The number of nitrogens with two attached hydrogens (primary N) is 1. The van der Waals surface area contributed by atoms with Gasteiger partial charge in [0, 0.05) is 7.05 Å². The molecule has 1 aromatic carbocycles. The van der Waals surface area contributed by atoms with E-state index in [-0.39, 0.29) is 17.7 Å². The maximum Gasteiger partial charge on any atom is 0.537 e. The summed E-state index contributed by atoms with van der Waals surface area (Å²) in [5.74, 6) is -3.25. The third kappa shape index (κ3) is 3.07. The standard InChI is InChI=1S/C14H13BFN3O5S/c1-19-13(7(5-18-19)12(17)20)25-9-4-6-2-3-8(16)10(14(21)22)11(6)24-15(9)23/h2-3,5,9,23H,4H2,1H3,(H2,17,20)(H,21,22)/t9-/m0/s1. The highest BCUT2D eigenvalue weighted by molar-refractivity contribution is 8.01. The lowest BCUT2D eigenvalue weighted by molar-refractivity contribution is 0.0688. The van der Waals surface area contributed by atoms with Gasteiger partial charge >= 0.3 is 13.1 Å². The summed E-state index contributed by atoms with van der Waals surface area (Å²) in [6, 6.07) is 2.46. The molecule has 0 fully saturated rings. The number of carboxylic acids is 1. The van der Waals surface area contributed by atoms with Crippen molar-refractivity contribution in [2.45, 2.75) is 16.6 Å². The molecule has 0 bridgehead atoms. The Morgan fingerprint density at radius 1 is 1.52 bits per heavy atom. The number of hydrogen-bond acceptors (Lipinski definition) is 6. The van der Waals surface area contributed by atoms with Crippen LogP contribution >= 0.6 is 11.8 Å². The first-order valence-corrected chi connectivity index (χ1v) is 8.05. The van der Waals surface area contributed by atoms with Crippen LogP contribution < -0.4 is 10.4 Å². The number of carboxylic acid groups (broad SMARTS) is 1. The minimum absolute atomic E-state index is 0.183. The first-order valence-electron chi connectivity index (χ1n) is 7.17. The van der Waals surface area contributed by atoms with Crippen LogP contribution in [0, 0.1) is 5.82 Å². The summed E-state index contributed by atoms with van der Waals surface area (Å²) < 4.78 is 20.5. The van der Waals surface area contributed by atoms with Gasteiger partial charge in [-0.2, -0.15) is 5.10 Å². The van der Waals surface area contributed by atoms with Crippen LogP contribution in [0.2, 0.25) is 0 Å². The fourth-order valence-corrected chi connectivity index (χ4v) is 3.79. The average Bonchev–Trinajstić information content (AvgIpc) is 2.89. The molecule has 0 saturated heterocycles. The van der Waals surface area contributed by atoms with E-state index in [0.717, 1.165) is 17.8 Å². The molecular formula is C14H13BFN3O5S. The molecule has 3 rings (SSSR count). The van der Waals surface area contributed by atoms with Gasteiger partial charge in [0.1, 0.15) is 22.2 Å². The highest BCUT2D eigenvalue weighted by atomic mass is 32.2. The normalized spacial score (nSPS) is 16.3. The number of hydrogen-bond donors (Lipinski definition) is 3. The van der Waals surface area contributed by atoms with Gasteiger partial charge in [0.2, 0.25) is 0 Å². The average molecular weight is 365 g/mol. The lowest BCUT2D eigenvalue weighted by Crippen LogP contribution is -2.41. The van der Waals surface area contributed by atoms with E-state index in [1.807, 2.05) is 0 Å². The summed E-state index contributed by atoms with van der Waals surface area (Å²) in [5, 5.41) is 23.2. The molecule has 1 aliphatic rings. The molecule has 130 valence electrons. The van der Waals surface area contributed by atoms with Crippen LogP contribution in [0.25, 0.3) is 0 Å². The highest BCUT2D eigenvalue weighted by Gasteiger charge is 2.39. The predicted molar refractivity (Wildman–Crippen MR) is 87.0 cm³/mol. The molecule has 0 radical (unpaired) electrons. The second kappa shape index (κ2) is 6.41. The molecule has 8 nitrogen and oxygen atoms in total. The molecule has 0 unspecified atom stereocenters. The van der Waals surface area contributed by atoms with E-state index in [1.165, 1.54) is 16.9 Å². The molecule has 25 heavy (non-hydrogen) atoms. The number of fused-ring (bicyclic) bond motifs is 1. The van der Waals surface area contributed by atoms with Crippen molar-refractivity contribution >= 4 is 30.8 Å². The SMILES string of the molecule is Cn1ncc(C(N)=O)c1S[C@H]1Cc2ccc(F)c(C(=O)O)c2OB1O. The van der Waals surface area contributed by atoms with Gasteiger partial charge in [-0.05, 0) is 18.1 Å². The Kier molecular flexibility index (Phi) is 4.44. The van der Waals surface area contributed by atoms with E-state index in [4.69, 9.17) is 15.5 Å². The highest BCUT2D eigenvalue weighted by Crippen LogP contribution is 2.38. The fourth-order valence-electron chi connectivity index (χ4n) is 2.59. The predicted octanol–water partition coefficient (Wildman–Crippen LogP) is 0.472. The van der Waals surface area contributed by atoms with Gasteiger partial charge in [-0.1, -0.05) is 6.07 Å². The third-order valence-corrected chi connectivity index (χ3v) is 5.20. The summed E-state index contributed by atoms with van der Waals surface area (Å²) >= 11 is 1.13. The molecule has 2 heterocycles. The monoisotopic (exact) mass is 365 g/mol. The maximum absolute atomic E-state index is 13.7. The summed E-state index contributed by atoms with van der Waals surface area (Å²) in [4.78, 5) is 22.7. The van der Waals surface area contributed by atoms with E-state index < -0.39 is 35.5 Å². The summed E-state index contributed by atoms with van der Waals surface area (Å²) in [7, 11) is 0.226. The molecule has 0 spiro atoms. The number of carbonyl (C=O) groups excluding carboxylic acids is 1. The van der Waals surface area contributed by atoms with Crippen molar-refractivity contribution in [2.75, 3.05) is 0 Å².